The van der Waals surface area contributed by atoms with E-state index in [4.69, 9.17) is 5.73 Å². The molecule has 0 atom stereocenters. The quantitative estimate of drug-likeness (QED) is 0.327. The fourth-order valence-electron chi connectivity index (χ4n) is 3.54. The lowest BCUT2D eigenvalue weighted by molar-refractivity contribution is 0.0951. The first-order valence-electron chi connectivity index (χ1n) is 10.6. The number of pyridine rings is 2. The predicted molar refractivity (Wildman–Crippen MR) is 134 cm³/mol. The summed E-state index contributed by atoms with van der Waals surface area (Å²) in [5.74, 6) is 0.814. The van der Waals surface area contributed by atoms with Gasteiger partial charge in [0.1, 0.15) is 18.0 Å². The highest BCUT2D eigenvalue weighted by atomic mass is 32.1. The number of carbonyl (C=O) groups excluding carboxylic acids is 1. The van der Waals surface area contributed by atoms with Gasteiger partial charge in [-0.1, -0.05) is 12.1 Å². The van der Waals surface area contributed by atoms with Gasteiger partial charge in [-0.05, 0) is 53.6 Å². The van der Waals surface area contributed by atoms with Gasteiger partial charge < -0.3 is 16.4 Å². The first-order chi connectivity index (χ1) is 16.7. The van der Waals surface area contributed by atoms with Crippen LogP contribution < -0.4 is 16.4 Å². The largest absolute Gasteiger partial charge is 0.383 e. The van der Waals surface area contributed by atoms with Crippen molar-refractivity contribution in [2.45, 2.75) is 13.1 Å². The Bertz CT molecular complexity index is 1450. The molecule has 1 amide bonds. The maximum atomic E-state index is 12.7. The minimum Gasteiger partial charge on any atom is -0.383 e. The van der Waals surface area contributed by atoms with Crippen molar-refractivity contribution in [2.75, 3.05) is 11.1 Å². The van der Waals surface area contributed by atoms with Gasteiger partial charge in [0.25, 0.3) is 5.91 Å². The molecule has 0 saturated carbocycles. The van der Waals surface area contributed by atoms with Crippen LogP contribution in [0.2, 0.25) is 0 Å². The molecule has 4 N–H and O–H groups in total. The number of aromatic nitrogens is 4. The summed E-state index contributed by atoms with van der Waals surface area (Å²) >= 11 is 1.66. The first-order valence-corrected chi connectivity index (χ1v) is 11.4. The van der Waals surface area contributed by atoms with Crippen molar-refractivity contribution >= 4 is 39.8 Å². The third kappa shape index (κ3) is 4.69. The molecule has 0 fully saturated rings. The van der Waals surface area contributed by atoms with Crippen LogP contribution in [0.3, 0.4) is 0 Å². The number of fused-ring (bicyclic) bond motifs is 1. The molecule has 5 rings (SSSR count). The highest BCUT2D eigenvalue weighted by Gasteiger charge is 2.13. The summed E-state index contributed by atoms with van der Waals surface area (Å²) in [4.78, 5) is 31.7. The molecule has 1 aromatic carbocycles. The summed E-state index contributed by atoms with van der Waals surface area (Å²) in [6.45, 7) is 0.944. The Morgan fingerprint density at radius 1 is 0.971 bits per heavy atom. The molecule has 0 bridgehead atoms. The average Bonchev–Trinajstić information content (AvgIpc) is 3.36. The second-order valence-corrected chi connectivity index (χ2v) is 8.72. The van der Waals surface area contributed by atoms with Crippen molar-refractivity contribution in [3.8, 4) is 10.4 Å². The van der Waals surface area contributed by atoms with Crippen LogP contribution in [-0.2, 0) is 13.1 Å². The SMILES string of the molecule is Nc1ncnc2ccc(-c3ccc(CNc4ncccc4C(=O)NCc4cccnc4)s3)cc12. The van der Waals surface area contributed by atoms with Crippen LogP contribution in [0, 0.1) is 0 Å². The number of benzene rings is 1. The van der Waals surface area contributed by atoms with Crippen molar-refractivity contribution in [3.63, 3.8) is 0 Å². The molecule has 168 valence electrons. The standard InChI is InChI=1S/C25H21N7OS/c26-23-20-11-17(5-7-21(20)31-15-32-23)22-8-6-18(34-22)14-29-24-19(4-2-10-28-24)25(33)30-13-16-3-1-9-27-12-16/h1-12,15H,13-14H2,(H,28,29)(H,30,33)(H2,26,31,32). The van der Waals surface area contributed by atoms with Crippen molar-refractivity contribution in [1.29, 1.82) is 0 Å². The van der Waals surface area contributed by atoms with Gasteiger partial charge in [-0.2, -0.15) is 0 Å². The number of nitrogen functional groups attached to an aromatic ring is 1. The van der Waals surface area contributed by atoms with E-state index < -0.39 is 0 Å². The lowest BCUT2D eigenvalue weighted by atomic mass is 10.1. The lowest BCUT2D eigenvalue weighted by Crippen LogP contribution is -2.24. The van der Waals surface area contributed by atoms with Crippen molar-refractivity contribution in [3.05, 3.63) is 95.5 Å². The normalized spacial score (nSPS) is 10.8. The van der Waals surface area contributed by atoms with E-state index in [0.29, 0.717) is 30.3 Å². The molecular formula is C25H21N7OS. The summed E-state index contributed by atoms with van der Waals surface area (Å²) in [5, 5.41) is 7.06. The van der Waals surface area contributed by atoms with E-state index in [1.807, 2.05) is 30.3 Å². The molecule has 0 saturated heterocycles. The van der Waals surface area contributed by atoms with E-state index in [2.05, 4.69) is 42.7 Å². The van der Waals surface area contributed by atoms with Gasteiger partial charge in [-0.3, -0.25) is 9.78 Å². The zero-order valence-corrected chi connectivity index (χ0v) is 18.9. The smallest absolute Gasteiger partial charge is 0.255 e. The molecule has 9 heteroatoms. The third-order valence-electron chi connectivity index (χ3n) is 5.27. The van der Waals surface area contributed by atoms with Crippen LogP contribution in [0.4, 0.5) is 11.6 Å². The highest BCUT2D eigenvalue weighted by molar-refractivity contribution is 7.15. The summed E-state index contributed by atoms with van der Waals surface area (Å²) in [5.41, 5.74) is 9.31. The van der Waals surface area contributed by atoms with E-state index in [1.54, 1.807) is 42.1 Å². The van der Waals surface area contributed by atoms with E-state index in [-0.39, 0.29) is 5.91 Å². The Labute approximate surface area is 199 Å². The minimum atomic E-state index is -0.192. The second-order valence-electron chi connectivity index (χ2n) is 7.55. The molecule has 0 unspecified atom stereocenters. The van der Waals surface area contributed by atoms with Gasteiger partial charge in [0, 0.05) is 40.3 Å². The number of carbonyl (C=O) groups is 1. The Hall–Kier alpha value is -4.37. The topological polar surface area (TPSA) is 119 Å². The van der Waals surface area contributed by atoms with E-state index in [0.717, 1.165) is 31.8 Å². The Morgan fingerprint density at radius 2 is 1.88 bits per heavy atom. The van der Waals surface area contributed by atoms with Crippen molar-refractivity contribution < 1.29 is 4.79 Å². The number of rotatable bonds is 7. The summed E-state index contributed by atoms with van der Waals surface area (Å²) < 4.78 is 0. The maximum Gasteiger partial charge on any atom is 0.255 e. The fourth-order valence-corrected chi connectivity index (χ4v) is 4.48. The molecule has 0 aliphatic carbocycles. The number of anilines is 2. The monoisotopic (exact) mass is 467 g/mol. The second kappa shape index (κ2) is 9.63. The van der Waals surface area contributed by atoms with E-state index in [1.165, 1.54) is 6.33 Å². The average molecular weight is 468 g/mol. The molecule has 8 nitrogen and oxygen atoms in total. The number of hydrogen-bond donors (Lipinski definition) is 3. The Morgan fingerprint density at radius 3 is 2.76 bits per heavy atom. The third-order valence-corrected chi connectivity index (χ3v) is 6.40. The number of amides is 1. The molecule has 4 aromatic heterocycles. The molecule has 0 aliphatic rings. The van der Waals surface area contributed by atoms with E-state index >= 15 is 0 Å². The maximum absolute atomic E-state index is 12.7. The van der Waals surface area contributed by atoms with Gasteiger partial charge in [0.2, 0.25) is 0 Å². The first kappa shape index (κ1) is 21.5. The number of thiophene rings is 1. The minimum absolute atomic E-state index is 0.192. The number of nitrogens with one attached hydrogen (secondary N) is 2. The number of hydrogen-bond acceptors (Lipinski definition) is 8. The van der Waals surface area contributed by atoms with Crippen LogP contribution in [0.15, 0.2) is 79.5 Å². The highest BCUT2D eigenvalue weighted by Crippen LogP contribution is 2.31. The number of nitrogens with zero attached hydrogens (tertiary/aromatic N) is 4. The molecule has 0 radical (unpaired) electrons. The van der Waals surface area contributed by atoms with Crippen LogP contribution in [-0.4, -0.2) is 25.8 Å². The van der Waals surface area contributed by atoms with E-state index in [9.17, 15) is 4.79 Å². The van der Waals surface area contributed by atoms with Crippen LogP contribution in [0.25, 0.3) is 21.3 Å². The van der Waals surface area contributed by atoms with Crippen LogP contribution in [0.1, 0.15) is 20.8 Å². The van der Waals surface area contributed by atoms with Gasteiger partial charge in [-0.25, -0.2) is 15.0 Å². The van der Waals surface area contributed by atoms with Crippen LogP contribution in [0.5, 0.6) is 0 Å². The summed E-state index contributed by atoms with van der Waals surface area (Å²) in [7, 11) is 0. The van der Waals surface area contributed by atoms with Crippen LogP contribution >= 0.6 is 11.3 Å². The predicted octanol–water partition coefficient (Wildman–Crippen LogP) is 4.27. The van der Waals surface area contributed by atoms with Crippen molar-refractivity contribution in [2.24, 2.45) is 0 Å². The summed E-state index contributed by atoms with van der Waals surface area (Å²) in [6.07, 6.45) is 6.57. The Kier molecular flexibility index (Phi) is 6.09. The molecule has 4 heterocycles. The lowest BCUT2D eigenvalue weighted by Gasteiger charge is -2.10. The zero-order chi connectivity index (χ0) is 23.3. The van der Waals surface area contributed by atoms with Crippen molar-refractivity contribution in [1.82, 2.24) is 25.3 Å². The molecule has 0 aliphatic heterocycles. The van der Waals surface area contributed by atoms with Gasteiger partial charge >= 0.3 is 0 Å². The molecule has 0 spiro atoms. The summed E-state index contributed by atoms with van der Waals surface area (Å²) in [6, 6.07) is 17.4. The Balaban J connectivity index is 1.27. The molecule has 34 heavy (non-hydrogen) atoms. The van der Waals surface area contributed by atoms with Gasteiger partial charge in [0.05, 0.1) is 17.6 Å². The number of nitrogens with two attached hydrogens (primary N) is 1. The fraction of sp³-hybridized carbons (Fsp3) is 0.0800. The zero-order valence-electron chi connectivity index (χ0n) is 18.1. The molecular weight excluding hydrogens is 446 g/mol. The molecule has 5 aromatic rings. The van der Waals surface area contributed by atoms with Gasteiger partial charge in [-0.15, -0.1) is 11.3 Å². The van der Waals surface area contributed by atoms with Gasteiger partial charge in [0.15, 0.2) is 0 Å².